The summed E-state index contributed by atoms with van der Waals surface area (Å²) in [4.78, 5) is 19.6. The van der Waals surface area contributed by atoms with Gasteiger partial charge in [0.1, 0.15) is 0 Å². The van der Waals surface area contributed by atoms with Crippen molar-refractivity contribution in [3.05, 3.63) is 113 Å². The number of hydrogen-bond acceptors (Lipinski definition) is 3. The van der Waals surface area contributed by atoms with E-state index in [2.05, 4.69) is 16.4 Å². The van der Waals surface area contributed by atoms with Gasteiger partial charge in [-0.05, 0) is 60.7 Å². The molecule has 5 rings (SSSR count). The van der Waals surface area contributed by atoms with Crippen LogP contribution < -0.4 is 5.32 Å². The second-order valence-electron chi connectivity index (χ2n) is 9.51. The summed E-state index contributed by atoms with van der Waals surface area (Å²) in [5, 5.41) is 4.77. The van der Waals surface area contributed by atoms with Gasteiger partial charge in [0.15, 0.2) is 0 Å². The molecule has 0 radical (unpaired) electrons. The fourth-order valence-corrected chi connectivity index (χ4v) is 5.14. The number of piperidine rings is 1. The molecule has 4 nitrogen and oxygen atoms in total. The van der Waals surface area contributed by atoms with Crippen molar-refractivity contribution in [3.8, 4) is 0 Å². The van der Waals surface area contributed by atoms with Crippen LogP contribution in [-0.4, -0.2) is 34.4 Å². The number of para-hydroxylation sites is 1. The van der Waals surface area contributed by atoms with Gasteiger partial charge in [-0.1, -0.05) is 54.6 Å². The summed E-state index contributed by atoms with van der Waals surface area (Å²) in [6.07, 6.45) is -0.606. The minimum Gasteiger partial charge on any atom is -0.335 e. The van der Waals surface area contributed by atoms with Gasteiger partial charge >= 0.3 is 6.18 Å². The number of benzene rings is 3. The van der Waals surface area contributed by atoms with Crippen LogP contribution in [0.15, 0.2) is 91.1 Å². The van der Waals surface area contributed by atoms with E-state index < -0.39 is 11.7 Å². The zero-order chi connectivity index (χ0) is 25.8. The Labute approximate surface area is 214 Å². The average Bonchev–Trinajstić information content (AvgIpc) is 2.92. The van der Waals surface area contributed by atoms with E-state index in [0.29, 0.717) is 25.9 Å². The van der Waals surface area contributed by atoms with Gasteiger partial charge < -0.3 is 10.2 Å². The van der Waals surface area contributed by atoms with Gasteiger partial charge in [-0.3, -0.25) is 9.78 Å². The molecule has 0 spiro atoms. The topological polar surface area (TPSA) is 45.2 Å². The van der Waals surface area contributed by atoms with Crippen LogP contribution in [0, 0.1) is 0 Å². The number of halogens is 3. The SMILES string of the molecule is O=C(c1cccc(C(F)(F)F)c1)N1CC[C@H](NCc2ccnc3ccccc23)C[C@H]1Cc1ccccc1. The van der Waals surface area contributed by atoms with Crippen LogP contribution in [0.5, 0.6) is 0 Å². The van der Waals surface area contributed by atoms with E-state index >= 15 is 0 Å². The van der Waals surface area contributed by atoms with Gasteiger partial charge in [-0.25, -0.2) is 0 Å². The van der Waals surface area contributed by atoms with Crippen LogP contribution in [0.3, 0.4) is 0 Å². The van der Waals surface area contributed by atoms with Crippen molar-refractivity contribution in [1.82, 2.24) is 15.2 Å². The second kappa shape index (κ2) is 10.7. The number of fused-ring (bicyclic) bond motifs is 1. The Morgan fingerprint density at radius 3 is 2.57 bits per heavy atom. The van der Waals surface area contributed by atoms with Crippen molar-refractivity contribution < 1.29 is 18.0 Å². The highest BCUT2D eigenvalue weighted by molar-refractivity contribution is 5.94. The van der Waals surface area contributed by atoms with Crippen LogP contribution in [0.4, 0.5) is 13.2 Å². The van der Waals surface area contributed by atoms with Gasteiger partial charge in [0, 0.05) is 42.3 Å². The molecule has 1 aliphatic rings. The molecule has 0 aliphatic carbocycles. The number of nitrogens with zero attached hydrogens (tertiary/aromatic N) is 2. The van der Waals surface area contributed by atoms with E-state index in [0.717, 1.165) is 40.6 Å². The molecule has 0 unspecified atom stereocenters. The number of alkyl halides is 3. The Morgan fingerprint density at radius 2 is 1.76 bits per heavy atom. The average molecular weight is 504 g/mol. The van der Waals surface area contributed by atoms with Gasteiger partial charge in [-0.2, -0.15) is 13.2 Å². The van der Waals surface area contributed by atoms with Gasteiger partial charge in [0.25, 0.3) is 5.91 Å². The molecular formula is C30H28F3N3O. The Kier molecular flexibility index (Phi) is 7.24. The van der Waals surface area contributed by atoms with E-state index in [1.165, 1.54) is 12.1 Å². The van der Waals surface area contributed by atoms with Crippen molar-refractivity contribution >= 4 is 16.8 Å². The van der Waals surface area contributed by atoms with Crippen molar-refractivity contribution in [1.29, 1.82) is 0 Å². The molecule has 0 bridgehead atoms. The number of likely N-dealkylation sites (tertiary alicyclic amines) is 1. The molecule has 1 saturated heterocycles. The molecule has 2 atom stereocenters. The Balaban J connectivity index is 1.34. The van der Waals surface area contributed by atoms with Crippen molar-refractivity contribution in [3.63, 3.8) is 0 Å². The first-order valence-electron chi connectivity index (χ1n) is 12.5. The Bertz CT molecular complexity index is 1370. The summed E-state index contributed by atoms with van der Waals surface area (Å²) in [6.45, 7) is 1.15. The summed E-state index contributed by atoms with van der Waals surface area (Å²) in [5.74, 6) is -0.356. The predicted molar refractivity (Wildman–Crippen MR) is 138 cm³/mol. The third-order valence-corrected chi connectivity index (χ3v) is 7.05. The van der Waals surface area contributed by atoms with Crippen LogP contribution in [0.2, 0.25) is 0 Å². The summed E-state index contributed by atoms with van der Waals surface area (Å²) < 4.78 is 39.8. The maximum absolute atomic E-state index is 13.4. The molecule has 2 heterocycles. The van der Waals surface area contributed by atoms with Crippen LogP contribution in [0.1, 0.15) is 39.9 Å². The smallest absolute Gasteiger partial charge is 0.335 e. The number of aromatic nitrogens is 1. The van der Waals surface area contributed by atoms with Crippen LogP contribution >= 0.6 is 0 Å². The molecular weight excluding hydrogens is 475 g/mol. The van der Waals surface area contributed by atoms with Gasteiger partial charge in [0.05, 0.1) is 11.1 Å². The summed E-state index contributed by atoms with van der Waals surface area (Å²) in [7, 11) is 0. The molecule has 37 heavy (non-hydrogen) atoms. The minimum absolute atomic E-state index is 0.0718. The Hall–Kier alpha value is -3.71. The zero-order valence-corrected chi connectivity index (χ0v) is 20.3. The van der Waals surface area contributed by atoms with Crippen LogP contribution in [-0.2, 0) is 19.1 Å². The number of hydrogen-bond donors (Lipinski definition) is 1. The fourth-order valence-electron chi connectivity index (χ4n) is 5.14. The summed E-state index contributed by atoms with van der Waals surface area (Å²) in [6, 6.07) is 24.7. The number of rotatable bonds is 6. The normalized spacial score (nSPS) is 18.2. The molecule has 1 fully saturated rings. The number of carbonyl (C=O) groups is 1. The molecule has 7 heteroatoms. The summed E-state index contributed by atoms with van der Waals surface area (Å²) in [5.41, 5.74) is 2.47. The molecule has 1 amide bonds. The molecule has 1 aliphatic heterocycles. The molecule has 0 saturated carbocycles. The quantitative estimate of drug-likeness (QED) is 0.338. The van der Waals surface area contributed by atoms with E-state index in [1.54, 1.807) is 4.90 Å². The van der Waals surface area contributed by atoms with Crippen molar-refractivity contribution in [2.75, 3.05) is 6.54 Å². The van der Waals surface area contributed by atoms with Gasteiger partial charge in [0.2, 0.25) is 0 Å². The monoisotopic (exact) mass is 503 g/mol. The molecule has 1 aromatic heterocycles. The highest BCUT2D eigenvalue weighted by Crippen LogP contribution is 2.31. The number of carbonyl (C=O) groups excluding carboxylic acids is 1. The molecule has 4 aromatic rings. The number of nitrogens with one attached hydrogen (secondary N) is 1. The van der Waals surface area contributed by atoms with Crippen molar-refractivity contribution in [2.24, 2.45) is 0 Å². The fraction of sp³-hybridized carbons (Fsp3) is 0.267. The zero-order valence-electron chi connectivity index (χ0n) is 20.3. The molecule has 3 aromatic carbocycles. The second-order valence-corrected chi connectivity index (χ2v) is 9.51. The third kappa shape index (κ3) is 5.83. The lowest BCUT2D eigenvalue weighted by Crippen LogP contribution is -2.51. The number of pyridine rings is 1. The lowest BCUT2D eigenvalue weighted by atomic mass is 9.91. The van der Waals surface area contributed by atoms with E-state index in [9.17, 15) is 18.0 Å². The highest BCUT2D eigenvalue weighted by Gasteiger charge is 2.34. The molecule has 190 valence electrons. The lowest BCUT2D eigenvalue weighted by molar-refractivity contribution is -0.137. The van der Waals surface area contributed by atoms with Crippen molar-refractivity contribution in [2.45, 2.75) is 44.1 Å². The predicted octanol–water partition coefficient (Wildman–Crippen LogP) is 6.26. The van der Waals surface area contributed by atoms with E-state index in [-0.39, 0.29) is 23.6 Å². The first kappa shape index (κ1) is 25.0. The molecule has 1 N–H and O–H groups in total. The number of amides is 1. The Morgan fingerprint density at radius 1 is 0.973 bits per heavy atom. The third-order valence-electron chi connectivity index (χ3n) is 7.05. The highest BCUT2D eigenvalue weighted by atomic mass is 19.4. The van der Waals surface area contributed by atoms with Gasteiger partial charge in [-0.15, -0.1) is 0 Å². The first-order valence-corrected chi connectivity index (χ1v) is 12.5. The van der Waals surface area contributed by atoms with E-state index in [4.69, 9.17) is 0 Å². The minimum atomic E-state index is -4.49. The maximum atomic E-state index is 13.4. The first-order chi connectivity index (χ1) is 17.9. The summed E-state index contributed by atoms with van der Waals surface area (Å²) >= 11 is 0. The van der Waals surface area contributed by atoms with E-state index in [1.807, 2.05) is 60.8 Å². The standard InChI is InChI=1S/C30H28F3N3O/c31-30(32,33)24-10-6-9-22(18-24)29(37)36-16-14-25(19-26(36)17-21-7-2-1-3-8-21)35-20-23-13-15-34-28-12-5-4-11-27(23)28/h1-13,15,18,25-26,35H,14,16-17,19-20H2/t25-,26+/m0/s1. The van der Waals surface area contributed by atoms with Crippen LogP contribution in [0.25, 0.3) is 10.9 Å². The largest absolute Gasteiger partial charge is 0.416 e. The lowest BCUT2D eigenvalue weighted by Gasteiger charge is -2.40. The maximum Gasteiger partial charge on any atom is 0.416 e.